The smallest absolute Gasteiger partial charge is 0.337 e. The number of carbonyl (C=O) groups is 1. The zero-order chi connectivity index (χ0) is 12.4. The number of aliphatic hydroxyl groups excluding tert-OH is 1. The molecule has 3 nitrogen and oxygen atoms in total. The van der Waals surface area contributed by atoms with Crippen molar-refractivity contribution < 1.29 is 15.0 Å². The van der Waals surface area contributed by atoms with Crippen molar-refractivity contribution in [2.75, 3.05) is 11.5 Å². The van der Waals surface area contributed by atoms with E-state index in [4.69, 9.17) is 16.7 Å². The quantitative estimate of drug-likeness (QED) is 0.888. The molecule has 17 heavy (non-hydrogen) atoms. The summed E-state index contributed by atoms with van der Waals surface area (Å²) < 4.78 is 0. The van der Waals surface area contributed by atoms with Crippen LogP contribution in [0.2, 0.25) is 5.02 Å². The van der Waals surface area contributed by atoms with Gasteiger partial charge in [0.2, 0.25) is 0 Å². The van der Waals surface area contributed by atoms with E-state index in [2.05, 4.69) is 0 Å². The Labute approximate surface area is 109 Å². The monoisotopic (exact) mass is 272 g/mol. The van der Waals surface area contributed by atoms with Crippen LogP contribution in [-0.4, -0.2) is 27.7 Å². The van der Waals surface area contributed by atoms with Crippen molar-refractivity contribution in [3.05, 3.63) is 34.3 Å². The third kappa shape index (κ3) is 2.76. The standard InChI is InChI=1S/C12H13ClO3S/c13-10-5-7(11(14)12(15)16)1-2-9(10)8-3-4-17-6-8/h1-2,5,8,11,14H,3-4,6H2,(H,15,16). The summed E-state index contributed by atoms with van der Waals surface area (Å²) in [5.74, 6) is 1.38. The first kappa shape index (κ1) is 12.7. The zero-order valence-electron chi connectivity index (χ0n) is 9.10. The van der Waals surface area contributed by atoms with E-state index >= 15 is 0 Å². The third-order valence-corrected chi connectivity index (χ3v) is 4.43. The average molecular weight is 273 g/mol. The van der Waals surface area contributed by atoms with Crippen molar-refractivity contribution in [1.29, 1.82) is 0 Å². The molecule has 2 rings (SSSR count). The fraction of sp³-hybridized carbons (Fsp3) is 0.417. The summed E-state index contributed by atoms with van der Waals surface area (Å²) >= 11 is 8.04. The van der Waals surface area contributed by atoms with Gasteiger partial charge in [0.15, 0.2) is 6.10 Å². The van der Waals surface area contributed by atoms with E-state index < -0.39 is 12.1 Å². The van der Waals surface area contributed by atoms with Crippen LogP contribution in [-0.2, 0) is 4.79 Å². The highest BCUT2D eigenvalue weighted by Crippen LogP contribution is 2.36. The number of halogens is 1. The van der Waals surface area contributed by atoms with Crippen LogP contribution in [0.3, 0.4) is 0 Å². The number of aliphatic hydroxyl groups is 1. The van der Waals surface area contributed by atoms with Gasteiger partial charge in [0, 0.05) is 10.8 Å². The van der Waals surface area contributed by atoms with Gasteiger partial charge >= 0.3 is 5.97 Å². The second-order valence-corrected chi connectivity index (χ2v) is 5.64. The number of carboxylic acids is 1. The van der Waals surface area contributed by atoms with E-state index in [1.54, 1.807) is 12.1 Å². The van der Waals surface area contributed by atoms with Crippen LogP contribution in [0.25, 0.3) is 0 Å². The molecule has 2 unspecified atom stereocenters. The summed E-state index contributed by atoms with van der Waals surface area (Å²) in [5.41, 5.74) is 1.38. The van der Waals surface area contributed by atoms with Crippen molar-refractivity contribution >= 4 is 29.3 Å². The predicted molar refractivity (Wildman–Crippen MR) is 68.7 cm³/mol. The maximum atomic E-state index is 10.7. The zero-order valence-corrected chi connectivity index (χ0v) is 10.7. The molecule has 1 aliphatic rings. The summed E-state index contributed by atoms with van der Waals surface area (Å²) in [6, 6.07) is 5.03. The maximum absolute atomic E-state index is 10.7. The third-order valence-electron chi connectivity index (χ3n) is 2.94. The first-order valence-electron chi connectivity index (χ1n) is 5.37. The Kier molecular flexibility index (Phi) is 3.97. The molecule has 92 valence electrons. The molecular weight excluding hydrogens is 260 g/mol. The lowest BCUT2D eigenvalue weighted by molar-refractivity contribution is -0.146. The number of carboxylic acid groups (broad SMARTS) is 1. The molecule has 1 aromatic rings. The molecular formula is C12H13ClO3S. The molecule has 0 aliphatic carbocycles. The summed E-state index contributed by atoms with van der Waals surface area (Å²) in [7, 11) is 0. The Balaban J connectivity index is 2.25. The fourth-order valence-electron chi connectivity index (χ4n) is 1.97. The van der Waals surface area contributed by atoms with Crippen LogP contribution in [0.1, 0.15) is 29.6 Å². The fourth-order valence-corrected chi connectivity index (χ4v) is 3.56. The van der Waals surface area contributed by atoms with Crippen LogP contribution in [0.4, 0.5) is 0 Å². The van der Waals surface area contributed by atoms with Gasteiger partial charge in [-0.3, -0.25) is 0 Å². The van der Waals surface area contributed by atoms with E-state index in [9.17, 15) is 9.90 Å². The Morgan fingerprint density at radius 2 is 2.29 bits per heavy atom. The molecule has 5 heteroatoms. The summed E-state index contributed by atoms with van der Waals surface area (Å²) in [4.78, 5) is 10.7. The van der Waals surface area contributed by atoms with Crippen LogP contribution < -0.4 is 0 Å². The second kappa shape index (κ2) is 5.29. The summed E-state index contributed by atoms with van der Waals surface area (Å²) in [6.45, 7) is 0. The minimum atomic E-state index is -1.50. The minimum Gasteiger partial charge on any atom is -0.479 e. The van der Waals surface area contributed by atoms with Crippen molar-refractivity contribution in [3.63, 3.8) is 0 Å². The Morgan fingerprint density at radius 1 is 1.53 bits per heavy atom. The molecule has 0 bridgehead atoms. The van der Waals surface area contributed by atoms with E-state index in [1.165, 1.54) is 0 Å². The van der Waals surface area contributed by atoms with Crippen molar-refractivity contribution in [3.8, 4) is 0 Å². The van der Waals surface area contributed by atoms with Gasteiger partial charge in [-0.25, -0.2) is 4.79 Å². The van der Waals surface area contributed by atoms with Gasteiger partial charge in [0.1, 0.15) is 0 Å². The Bertz CT molecular complexity index is 430. The molecule has 0 saturated carbocycles. The lowest BCUT2D eigenvalue weighted by atomic mass is 9.96. The average Bonchev–Trinajstić information content (AvgIpc) is 2.81. The van der Waals surface area contributed by atoms with Gasteiger partial charge in [0.25, 0.3) is 0 Å². The first-order chi connectivity index (χ1) is 8.09. The van der Waals surface area contributed by atoms with Gasteiger partial charge in [-0.05, 0) is 35.3 Å². The van der Waals surface area contributed by atoms with E-state index in [1.807, 2.05) is 17.8 Å². The van der Waals surface area contributed by atoms with Crippen molar-refractivity contribution in [2.24, 2.45) is 0 Å². The molecule has 2 N–H and O–H groups in total. The van der Waals surface area contributed by atoms with E-state index in [0.717, 1.165) is 23.5 Å². The molecule has 0 radical (unpaired) electrons. The highest BCUT2D eigenvalue weighted by atomic mass is 35.5. The van der Waals surface area contributed by atoms with Gasteiger partial charge < -0.3 is 10.2 Å². The molecule has 1 saturated heterocycles. The van der Waals surface area contributed by atoms with Crippen LogP contribution in [0.5, 0.6) is 0 Å². The molecule has 0 amide bonds. The lowest BCUT2D eigenvalue weighted by Gasteiger charge is -2.13. The second-order valence-electron chi connectivity index (χ2n) is 4.08. The van der Waals surface area contributed by atoms with Crippen molar-refractivity contribution in [2.45, 2.75) is 18.4 Å². The number of benzene rings is 1. The normalized spacial score (nSPS) is 21.4. The lowest BCUT2D eigenvalue weighted by Crippen LogP contribution is -2.10. The van der Waals surface area contributed by atoms with Crippen LogP contribution in [0.15, 0.2) is 18.2 Å². The number of rotatable bonds is 3. The molecule has 0 spiro atoms. The van der Waals surface area contributed by atoms with Gasteiger partial charge in [-0.2, -0.15) is 11.8 Å². The molecule has 2 atom stereocenters. The van der Waals surface area contributed by atoms with Crippen LogP contribution >= 0.6 is 23.4 Å². The number of aliphatic carboxylic acids is 1. The number of thioether (sulfide) groups is 1. The largest absolute Gasteiger partial charge is 0.479 e. The number of hydrogen-bond donors (Lipinski definition) is 2. The van der Waals surface area contributed by atoms with Crippen LogP contribution in [0, 0.1) is 0 Å². The van der Waals surface area contributed by atoms with Gasteiger partial charge in [-0.1, -0.05) is 23.7 Å². The summed E-state index contributed by atoms with van der Waals surface area (Å²) in [6.07, 6.45) is -0.398. The Hall–Kier alpha value is -0.710. The van der Waals surface area contributed by atoms with E-state index in [0.29, 0.717) is 16.5 Å². The SMILES string of the molecule is O=C(O)C(O)c1ccc(C2CCSC2)c(Cl)c1. The molecule has 1 aliphatic heterocycles. The molecule has 1 fully saturated rings. The Morgan fingerprint density at radius 3 is 2.82 bits per heavy atom. The van der Waals surface area contributed by atoms with Gasteiger partial charge in [0.05, 0.1) is 0 Å². The minimum absolute atomic E-state index is 0.330. The maximum Gasteiger partial charge on any atom is 0.337 e. The van der Waals surface area contributed by atoms with E-state index in [-0.39, 0.29) is 0 Å². The van der Waals surface area contributed by atoms with Crippen molar-refractivity contribution in [1.82, 2.24) is 0 Å². The van der Waals surface area contributed by atoms with Gasteiger partial charge in [-0.15, -0.1) is 0 Å². The topological polar surface area (TPSA) is 57.5 Å². The molecule has 1 heterocycles. The highest BCUT2D eigenvalue weighted by molar-refractivity contribution is 7.99. The highest BCUT2D eigenvalue weighted by Gasteiger charge is 2.22. The first-order valence-corrected chi connectivity index (χ1v) is 6.91. The molecule has 0 aromatic heterocycles. The molecule has 1 aromatic carbocycles. The predicted octanol–water partition coefficient (Wildman–Crippen LogP) is 2.68. The summed E-state index contributed by atoms with van der Waals surface area (Å²) in [5, 5.41) is 18.7. The number of hydrogen-bond acceptors (Lipinski definition) is 3.